The summed E-state index contributed by atoms with van der Waals surface area (Å²) in [5, 5.41) is 8.76. The molecule has 20 heavy (non-hydrogen) atoms. The van der Waals surface area contributed by atoms with Crippen LogP contribution >= 0.6 is 11.8 Å². The summed E-state index contributed by atoms with van der Waals surface area (Å²) in [5.41, 5.74) is 12.6. The van der Waals surface area contributed by atoms with Gasteiger partial charge in [0.05, 0.1) is 0 Å². The topological polar surface area (TPSA) is 99.8 Å². The lowest BCUT2D eigenvalue weighted by molar-refractivity contribution is 0.100. The molecule has 0 fully saturated rings. The lowest BCUT2D eigenvalue weighted by atomic mass is 10.1. The Balaban J connectivity index is 2.07. The van der Waals surface area contributed by atoms with Gasteiger partial charge in [-0.25, -0.2) is 0 Å². The minimum Gasteiger partial charge on any atom is -0.368 e. The number of nitrogen functional groups attached to an aromatic ring is 1. The molecule has 0 aliphatic carbocycles. The molecule has 0 saturated heterocycles. The number of anilines is 1. The smallest absolute Gasteiger partial charge is 0.248 e. The zero-order valence-corrected chi connectivity index (χ0v) is 12.2. The third kappa shape index (κ3) is 3.11. The van der Waals surface area contributed by atoms with E-state index in [1.807, 2.05) is 30.5 Å². The Labute approximate surface area is 121 Å². The highest BCUT2D eigenvalue weighted by molar-refractivity contribution is 7.98. The van der Waals surface area contributed by atoms with E-state index in [1.165, 1.54) is 0 Å². The van der Waals surface area contributed by atoms with Crippen LogP contribution in [0.5, 0.6) is 0 Å². The minimum absolute atomic E-state index is 0.213. The first-order valence-corrected chi connectivity index (χ1v) is 7.19. The van der Waals surface area contributed by atoms with Gasteiger partial charge in [0.25, 0.3) is 0 Å². The fourth-order valence-electron chi connectivity index (χ4n) is 1.79. The van der Waals surface area contributed by atoms with E-state index in [9.17, 15) is 4.79 Å². The molecule has 1 heterocycles. The number of carbonyl (C=O) groups is 1. The van der Waals surface area contributed by atoms with Gasteiger partial charge in [-0.15, -0.1) is 10.2 Å². The van der Waals surface area contributed by atoms with Gasteiger partial charge in [-0.1, -0.05) is 23.9 Å². The maximum atomic E-state index is 11.0. The molecule has 7 heteroatoms. The fourth-order valence-corrected chi connectivity index (χ4v) is 2.82. The Kier molecular flexibility index (Phi) is 4.29. The number of nitrogens with two attached hydrogens (primary N) is 2. The number of thioether (sulfide) groups is 1. The number of amides is 1. The average Bonchev–Trinajstić information content (AvgIpc) is 2.78. The van der Waals surface area contributed by atoms with Crippen molar-refractivity contribution in [3.63, 3.8) is 0 Å². The molecule has 2 rings (SSSR count). The Morgan fingerprint density at radius 3 is 2.50 bits per heavy atom. The maximum Gasteiger partial charge on any atom is 0.248 e. The summed E-state index contributed by atoms with van der Waals surface area (Å²) in [6, 6.07) is 7.42. The van der Waals surface area contributed by atoms with Gasteiger partial charge >= 0.3 is 0 Å². The second-order valence-corrected chi connectivity index (χ2v) is 5.60. The van der Waals surface area contributed by atoms with Gasteiger partial charge in [0.1, 0.15) is 0 Å². The highest BCUT2D eigenvalue weighted by Crippen LogP contribution is 2.25. The van der Waals surface area contributed by atoms with E-state index in [2.05, 4.69) is 10.2 Å². The van der Waals surface area contributed by atoms with E-state index >= 15 is 0 Å². The van der Waals surface area contributed by atoms with Crippen molar-refractivity contribution in [2.75, 3.05) is 5.73 Å². The molecule has 2 aromatic rings. The monoisotopic (exact) mass is 291 g/mol. The molecule has 106 valence electrons. The molecule has 0 unspecified atom stereocenters. The van der Waals surface area contributed by atoms with Crippen LogP contribution in [0, 0.1) is 0 Å². The molecule has 0 aliphatic heterocycles. The van der Waals surface area contributed by atoms with Gasteiger partial charge in [-0.05, 0) is 31.5 Å². The summed E-state index contributed by atoms with van der Waals surface area (Å²) < 4.78 is 1.89. The molecule has 0 saturated carbocycles. The Morgan fingerprint density at radius 2 is 1.95 bits per heavy atom. The predicted molar refractivity (Wildman–Crippen MR) is 79.3 cm³/mol. The second-order valence-electron chi connectivity index (χ2n) is 4.65. The Hall–Kier alpha value is -2.02. The average molecular weight is 291 g/mol. The number of carbonyl (C=O) groups excluding carboxylic acids is 1. The van der Waals surface area contributed by atoms with Crippen molar-refractivity contribution in [2.45, 2.75) is 30.8 Å². The highest BCUT2D eigenvalue weighted by Gasteiger charge is 2.12. The highest BCUT2D eigenvalue weighted by atomic mass is 32.2. The molecule has 0 bridgehead atoms. The molecule has 4 N–H and O–H groups in total. The van der Waals surface area contributed by atoms with Gasteiger partial charge < -0.3 is 11.5 Å². The SMILES string of the molecule is CC(C)n1c(N)nnc1SCc1ccc(C(N)=O)cc1. The number of hydrogen-bond donors (Lipinski definition) is 2. The van der Waals surface area contributed by atoms with E-state index in [0.29, 0.717) is 11.5 Å². The number of aromatic nitrogens is 3. The van der Waals surface area contributed by atoms with Gasteiger partial charge in [0.2, 0.25) is 11.9 Å². The van der Waals surface area contributed by atoms with Crippen LogP contribution < -0.4 is 11.5 Å². The van der Waals surface area contributed by atoms with Crippen molar-refractivity contribution >= 4 is 23.6 Å². The molecule has 0 aliphatic rings. The zero-order valence-electron chi connectivity index (χ0n) is 11.4. The van der Waals surface area contributed by atoms with Crippen molar-refractivity contribution in [1.29, 1.82) is 0 Å². The number of rotatable bonds is 5. The predicted octanol–water partition coefficient (Wildman–Crippen LogP) is 1.83. The first-order valence-electron chi connectivity index (χ1n) is 6.21. The van der Waals surface area contributed by atoms with Crippen LogP contribution in [0.1, 0.15) is 35.8 Å². The third-order valence-corrected chi connectivity index (χ3v) is 3.83. The summed E-state index contributed by atoms with van der Waals surface area (Å²) in [6.07, 6.45) is 0. The summed E-state index contributed by atoms with van der Waals surface area (Å²) in [7, 11) is 0. The first-order chi connectivity index (χ1) is 9.49. The first kappa shape index (κ1) is 14.4. The van der Waals surface area contributed by atoms with Crippen LogP contribution in [0.15, 0.2) is 29.4 Å². The van der Waals surface area contributed by atoms with Gasteiger partial charge in [0.15, 0.2) is 5.16 Å². The normalized spacial score (nSPS) is 10.9. The molecule has 0 atom stereocenters. The molecular weight excluding hydrogens is 274 g/mol. The van der Waals surface area contributed by atoms with Crippen molar-refractivity contribution in [3.05, 3.63) is 35.4 Å². The van der Waals surface area contributed by atoms with Crippen LogP contribution in [0.3, 0.4) is 0 Å². The Morgan fingerprint density at radius 1 is 1.30 bits per heavy atom. The van der Waals surface area contributed by atoms with Crippen LogP contribution in [0.4, 0.5) is 5.95 Å². The van der Waals surface area contributed by atoms with Crippen LogP contribution in [-0.4, -0.2) is 20.7 Å². The van der Waals surface area contributed by atoms with Crippen molar-refractivity contribution in [1.82, 2.24) is 14.8 Å². The molecule has 6 nitrogen and oxygen atoms in total. The standard InChI is InChI=1S/C13H17N5OS/c1-8(2)18-12(15)16-17-13(18)20-7-9-3-5-10(6-4-9)11(14)19/h3-6,8H,7H2,1-2H3,(H2,14,19)(H2,15,16). The number of primary amides is 1. The van der Waals surface area contributed by atoms with Crippen molar-refractivity contribution in [3.8, 4) is 0 Å². The maximum absolute atomic E-state index is 11.0. The molecule has 1 amide bonds. The zero-order chi connectivity index (χ0) is 14.7. The van der Waals surface area contributed by atoms with Crippen molar-refractivity contribution < 1.29 is 4.79 Å². The molecule has 0 spiro atoms. The van der Waals surface area contributed by atoms with Crippen LogP contribution in [-0.2, 0) is 5.75 Å². The lowest BCUT2D eigenvalue weighted by Gasteiger charge is -2.11. The van der Waals surface area contributed by atoms with Gasteiger partial charge in [-0.3, -0.25) is 9.36 Å². The van der Waals surface area contributed by atoms with E-state index in [-0.39, 0.29) is 6.04 Å². The van der Waals surface area contributed by atoms with E-state index in [1.54, 1.807) is 23.9 Å². The second kappa shape index (κ2) is 5.96. The number of hydrogen-bond acceptors (Lipinski definition) is 5. The molecular formula is C13H17N5OS. The summed E-state index contributed by atoms with van der Waals surface area (Å²) >= 11 is 1.56. The van der Waals surface area contributed by atoms with Crippen molar-refractivity contribution in [2.24, 2.45) is 5.73 Å². The lowest BCUT2D eigenvalue weighted by Crippen LogP contribution is -2.10. The fraction of sp³-hybridized carbons (Fsp3) is 0.308. The summed E-state index contributed by atoms with van der Waals surface area (Å²) in [4.78, 5) is 11.0. The number of nitrogens with zero attached hydrogens (tertiary/aromatic N) is 3. The van der Waals surface area contributed by atoms with Gasteiger partial charge in [0, 0.05) is 17.4 Å². The summed E-state index contributed by atoms with van der Waals surface area (Å²) in [6.45, 7) is 4.07. The van der Waals surface area contributed by atoms with E-state index < -0.39 is 5.91 Å². The minimum atomic E-state index is -0.420. The van der Waals surface area contributed by atoms with Gasteiger partial charge in [-0.2, -0.15) is 0 Å². The number of benzene rings is 1. The van der Waals surface area contributed by atoms with E-state index in [0.717, 1.165) is 16.5 Å². The summed E-state index contributed by atoms with van der Waals surface area (Å²) in [5.74, 6) is 0.729. The largest absolute Gasteiger partial charge is 0.368 e. The molecule has 0 radical (unpaired) electrons. The van der Waals surface area contributed by atoms with Crippen LogP contribution in [0.25, 0.3) is 0 Å². The Bertz CT molecular complexity index is 606. The quantitative estimate of drug-likeness (QED) is 0.819. The molecule has 1 aromatic heterocycles. The molecule has 1 aromatic carbocycles. The van der Waals surface area contributed by atoms with Crippen LogP contribution in [0.2, 0.25) is 0 Å². The third-order valence-electron chi connectivity index (χ3n) is 2.81. The van der Waals surface area contributed by atoms with E-state index in [4.69, 9.17) is 11.5 Å².